The predicted octanol–water partition coefficient (Wildman–Crippen LogP) is 15.1. The van der Waals surface area contributed by atoms with Gasteiger partial charge in [-0.25, -0.2) is 0 Å². The number of thioether (sulfide) groups is 1. The number of fused-ring (bicyclic) bond motifs is 2. The van der Waals surface area contributed by atoms with Gasteiger partial charge in [0.15, 0.2) is 0 Å². The molecule has 3 aliphatic rings. The van der Waals surface area contributed by atoms with Crippen molar-refractivity contribution < 1.29 is 34.2 Å². The Morgan fingerprint density at radius 2 is 1.45 bits per heavy atom. The lowest BCUT2D eigenvalue weighted by molar-refractivity contribution is -0.384. The number of unbranched alkanes of at least 4 members (excludes halogenated alkanes) is 15. The summed E-state index contributed by atoms with van der Waals surface area (Å²) < 4.78 is 21.2. The first-order valence-electron chi connectivity index (χ1n) is 26.5. The average molecular weight is 967 g/mol. The summed E-state index contributed by atoms with van der Waals surface area (Å²) >= 11 is 1.92. The van der Waals surface area contributed by atoms with E-state index in [-0.39, 0.29) is 54.4 Å². The zero-order valence-electron chi connectivity index (χ0n) is 42.1. The van der Waals surface area contributed by atoms with Crippen LogP contribution in [0.3, 0.4) is 0 Å². The van der Waals surface area contributed by atoms with Crippen molar-refractivity contribution >= 4 is 23.2 Å². The van der Waals surface area contributed by atoms with Crippen LogP contribution >= 0.6 is 11.8 Å². The van der Waals surface area contributed by atoms with Gasteiger partial charge in [-0.3, -0.25) is 10.1 Å². The fraction of sp³-hybridized carbons (Fsp3) is 0.603. The number of nitro groups is 1. The summed E-state index contributed by atoms with van der Waals surface area (Å²) in [5, 5.41) is 36.2. The maximum Gasteiger partial charge on any atom is 0.269 e. The van der Waals surface area contributed by atoms with Crippen LogP contribution in [0.1, 0.15) is 170 Å². The molecule has 3 aromatic rings. The maximum absolute atomic E-state index is 11.4. The molecule has 1 aliphatic heterocycles. The average Bonchev–Trinajstić information content (AvgIpc) is 3.35. The Kier molecular flexibility index (Phi) is 22.5. The van der Waals surface area contributed by atoms with Gasteiger partial charge in [-0.15, -0.1) is 6.58 Å². The molecule has 0 spiro atoms. The monoisotopic (exact) mass is 967 g/mol. The number of non-ortho nitro benzene ring substituents is 1. The number of hydrogen-bond donors (Lipinski definition) is 2. The predicted molar refractivity (Wildman–Crippen MR) is 282 cm³/mol. The lowest BCUT2D eigenvalue weighted by atomic mass is 9.56. The minimum absolute atomic E-state index is 0.0335. The van der Waals surface area contributed by atoms with Crippen LogP contribution in [0.15, 0.2) is 90.1 Å². The third kappa shape index (κ3) is 15.2. The van der Waals surface area contributed by atoms with E-state index in [0.29, 0.717) is 25.9 Å². The Hall–Kier alpha value is -4.16. The molecular weight excluding hydrogens is 885 g/mol. The third-order valence-corrected chi connectivity index (χ3v) is 16.1. The molecule has 0 amide bonds. The SMILES string of the molecule is C=CCO[C@@]12Oc3ccc(Oc4ccc(C)c(C)c4)cc3[C@H]3[C@H](CCCCO)[C@@H](CCCCO)C=C(C(=NOCc4ccc([N+](=O)[O-])cc4)C[C@@H]1SCCCCCCCCCCCCCCCC)[C@H]32. The molecule has 0 saturated heterocycles. The number of ether oxygens (including phenoxy) is 3. The number of aryl methyl sites for hydroxylation is 2. The number of aliphatic hydroxyl groups is 2. The van der Waals surface area contributed by atoms with Crippen molar-refractivity contribution in [3.05, 3.63) is 117 Å². The van der Waals surface area contributed by atoms with E-state index < -0.39 is 10.7 Å². The minimum atomic E-state index is -1.04. The molecule has 0 bridgehead atoms. The first kappa shape index (κ1) is 54.2. The topological polar surface area (TPSA) is 133 Å². The largest absolute Gasteiger partial charge is 0.460 e. The van der Waals surface area contributed by atoms with E-state index in [0.717, 1.165) is 83.1 Å². The summed E-state index contributed by atoms with van der Waals surface area (Å²) in [5.41, 5.74) is 6.22. The summed E-state index contributed by atoms with van der Waals surface area (Å²) in [6.45, 7) is 11.3. The van der Waals surface area contributed by atoms with Gasteiger partial charge in [0.1, 0.15) is 23.9 Å². The molecule has 1 saturated carbocycles. The van der Waals surface area contributed by atoms with Crippen LogP contribution in [0, 0.1) is 41.7 Å². The molecule has 378 valence electrons. The number of allylic oxidation sites excluding steroid dienone is 1. The molecule has 1 fully saturated rings. The highest BCUT2D eigenvalue weighted by atomic mass is 32.2. The van der Waals surface area contributed by atoms with Crippen molar-refractivity contribution in [2.45, 2.75) is 179 Å². The number of benzene rings is 3. The van der Waals surface area contributed by atoms with Crippen LogP contribution in [0.5, 0.6) is 17.2 Å². The van der Waals surface area contributed by atoms with Crippen molar-refractivity contribution in [1.29, 1.82) is 0 Å². The first-order chi connectivity index (χ1) is 33.7. The van der Waals surface area contributed by atoms with Crippen LogP contribution in [0.2, 0.25) is 0 Å². The molecule has 10 nitrogen and oxygen atoms in total. The second-order valence-corrected chi connectivity index (χ2v) is 21.1. The Labute approximate surface area is 417 Å². The Morgan fingerprint density at radius 1 is 0.812 bits per heavy atom. The second-order valence-electron chi connectivity index (χ2n) is 19.8. The lowest BCUT2D eigenvalue weighted by Crippen LogP contribution is -2.64. The van der Waals surface area contributed by atoms with Crippen LogP contribution in [-0.2, 0) is 16.2 Å². The van der Waals surface area contributed by atoms with E-state index in [4.69, 9.17) is 24.2 Å². The summed E-state index contributed by atoms with van der Waals surface area (Å²) in [6.07, 6.45) is 28.2. The molecule has 6 atom stereocenters. The zero-order chi connectivity index (χ0) is 48.9. The van der Waals surface area contributed by atoms with E-state index in [9.17, 15) is 20.3 Å². The normalized spacial score (nSPS) is 22.1. The number of aliphatic hydroxyl groups excluding tert-OH is 2. The third-order valence-electron chi connectivity index (χ3n) is 14.7. The summed E-state index contributed by atoms with van der Waals surface area (Å²) in [5.74, 6) is 2.25. The van der Waals surface area contributed by atoms with Crippen molar-refractivity contribution in [2.75, 3.05) is 25.6 Å². The van der Waals surface area contributed by atoms with Gasteiger partial charge in [-0.2, -0.15) is 11.8 Å². The molecule has 0 aromatic heterocycles. The molecular formula is C58H82N2O8S. The van der Waals surface area contributed by atoms with Gasteiger partial charge < -0.3 is 29.3 Å². The molecule has 69 heavy (non-hydrogen) atoms. The Bertz CT molecular complexity index is 2110. The number of nitrogens with zero attached hydrogens (tertiary/aromatic N) is 2. The number of rotatable bonds is 33. The smallest absolute Gasteiger partial charge is 0.269 e. The fourth-order valence-electron chi connectivity index (χ4n) is 10.9. The van der Waals surface area contributed by atoms with E-state index in [2.05, 4.69) is 57.7 Å². The van der Waals surface area contributed by atoms with Crippen LogP contribution in [0.4, 0.5) is 5.69 Å². The van der Waals surface area contributed by atoms with E-state index in [1.807, 2.05) is 30.0 Å². The molecule has 11 heteroatoms. The lowest BCUT2D eigenvalue weighted by Gasteiger charge is -2.58. The standard InChI is InChI=1S/C58H82N2O8S/c1-5-7-8-9-10-11-12-13-14-15-16-17-18-23-37-69-55-41-53(59-66-42-45-27-29-47(30-28-45)60(63)64)51-39-46(24-19-21-34-61)50(25-20-22-35-62)56-52-40-49(67-48-31-26-43(3)44(4)38-48)32-33-54(52)68-58(55,57(51)56)65-36-6-2/h6,26-33,38-40,46,50,55-57,61-62H,2,5,7-25,34-37,41-42H2,1,3-4H3/t46-,50+,55-,56+,57+,58+/m0/s1. The highest BCUT2D eigenvalue weighted by molar-refractivity contribution is 8.00. The van der Waals surface area contributed by atoms with Gasteiger partial charge in [0.25, 0.3) is 5.69 Å². The molecule has 0 radical (unpaired) electrons. The van der Waals surface area contributed by atoms with E-state index >= 15 is 0 Å². The summed E-state index contributed by atoms with van der Waals surface area (Å²) in [6, 6.07) is 18.9. The molecule has 1 heterocycles. The molecule has 6 rings (SSSR count). The van der Waals surface area contributed by atoms with Crippen molar-refractivity contribution in [3.8, 4) is 17.2 Å². The van der Waals surface area contributed by atoms with Gasteiger partial charge in [-0.1, -0.05) is 127 Å². The molecule has 2 aliphatic carbocycles. The summed E-state index contributed by atoms with van der Waals surface area (Å²) in [7, 11) is 0. The van der Waals surface area contributed by atoms with Gasteiger partial charge in [0.2, 0.25) is 5.79 Å². The summed E-state index contributed by atoms with van der Waals surface area (Å²) in [4.78, 5) is 17.2. The molecule has 2 N–H and O–H groups in total. The minimum Gasteiger partial charge on any atom is -0.460 e. The second kappa shape index (κ2) is 28.6. The highest BCUT2D eigenvalue weighted by Crippen LogP contribution is 2.63. The van der Waals surface area contributed by atoms with Crippen molar-refractivity contribution in [2.24, 2.45) is 22.9 Å². The Balaban J connectivity index is 1.31. The van der Waals surface area contributed by atoms with Gasteiger partial charge in [-0.05, 0) is 128 Å². The van der Waals surface area contributed by atoms with Crippen LogP contribution in [0.25, 0.3) is 0 Å². The maximum atomic E-state index is 11.4. The quantitative estimate of drug-likeness (QED) is 0.0265. The van der Waals surface area contributed by atoms with Crippen LogP contribution < -0.4 is 9.47 Å². The number of nitro benzene ring substituents is 1. The van der Waals surface area contributed by atoms with E-state index in [1.54, 1.807) is 12.1 Å². The first-order valence-corrected chi connectivity index (χ1v) is 27.6. The van der Waals surface area contributed by atoms with Crippen molar-refractivity contribution in [1.82, 2.24) is 0 Å². The highest BCUT2D eigenvalue weighted by Gasteiger charge is 2.64. The van der Waals surface area contributed by atoms with Gasteiger partial charge in [0, 0.05) is 43.2 Å². The zero-order valence-corrected chi connectivity index (χ0v) is 42.9. The Morgan fingerprint density at radius 3 is 2.09 bits per heavy atom. The fourth-order valence-corrected chi connectivity index (χ4v) is 12.3. The molecule has 0 unspecified atom stereocenters. The number of oxime groups is 1. The number of hydrogen-bond acceptors (Lipinski definition) is 10. The van der Waals surface area contributed by atoms with Crippen molar-refractivity contribution in [3.63, 3.8) is 0 Å². The van der Waals surface area contributed by atoms with Crippen LogP contribution in [-0.4, -0.2) is 57.5 Å². The molecule has 3 aromatic carbocycles. The van der Waals surface area contributed by atoms with Gasteiger partial charge in [0.05, 0.1) is 28.4 Å². The van der Waals surface area contributed by atoms with Gasteiger partial charge >= 0.3 is 0 Å². The van der Waals surface area contributed by atoms with E-state index in [1.165, 1.54) is 101 Å².